The Kier molecular flexibility index (Phi) is 6.63. The van der Waals surface area contributed by atoms with E-state index in [1.807, 2.05) is 36.4 Å². The predicted octanol–water partition coefficient (Wildman–Crippen LogP) is 2.04. The standard InChI is InChI=1S/C23H32O5Si/c1-16-19(24)20(25)21(22(26-5)27-16)28-29(23(2,3)4,17-12-8-6-9-13-17)18-14-10-7-11-15-18/h6-16,19-22,24-25H,1-5H3/t16-,19+,20+,21-,22+/m0/s1. The Labute approximate surface area is 174 Å². The Bertz CT molecular complexity index is 735. The van der Waals surface area contributed by atoms with Crippen LogP contribution in [-0.4, -0.2) is 56.3 Å². The first-order chi connectivity index (χ1) is 13.7. The number of rotatable bonds is 5. The summed E-state index contributed by atoms with van der Waals surface area (Å²) < 4.78 is 18.3. The molecule has 0 aromatic heterocycles. The molecule has 0 amide bonds. The van der Waals surface area contributed by atoms with Gasteiger partial charge in [-0.05, 0) is 22.3 Å². The Morgan fingerprint density at radius 1 is 0.862 bits per heavy atom. The Balaban J connectivity index is 2.18. The van der Waals surface area contributed by atoms with Crippen LogP contribution in [0, 0.1) is 0 Å². The first-order valence-corrected chi connectivity index (χ1v) is 12.0. The van der Waals surface area contributed by atoms with Gasteiger partial charge < -0.3 is 24.1 Å². The Morgan fingerprint density at radius 2 is 1.34 bits per heavy atom. The van der Waals surface area contributed by atoms with Crippen LogP contribution in [-0.2, 0) is 13.9 Å². The molecule has 0 unspecified atom stereocenters. The third kappa shape index (κ3) is 4.06. The van der Waals surface area contributed by atoms with E-state index in [1.54, 1.807) is 6.92 Å². The first-order valence-electron chi connectivity index (χ1n) is 10.1. The highest BCUT2D eigenvalue weighted by Gasteiger charge is 2.55. The number of ether oxygens (including phenoxy) is 2. The third-order valence-electron chi connectivity index (χ3n) is 5.75. The van der Waals surface area contributed by atoms with E-state index in [9.17, 15) is 10.2 Å². The number of benzene rings is 2. The summed E-state index contributed by atoms with van der Waals surface area (Å²) in [4.78, 5) is 0. The first kappa shape index (κ1) is 22.1. The fourth-order valence-corrected chi connectivity index (χ4v) is 8.89. The molecule has 1 aliphatic rings. The SMILES string of the molecule is CO[C@@H]1O[C@@H](C)[C@@H](O)[C@@H](O)[C@@H]1O[Si](c1ccccc1)(c1ccccc1)C(C)(C)C. The zero-order valence-electron chi connectivity index (χ0n) is 17.8. The molecule has 158 valence electrons. The second-order valence-electron chi connectivity index (χ2n) is 8.67. The van der Waals surface area contributed by atoms with Crippen LogP contribution >= 0.6 is 0 Å². The summed E-state index contributed by atoms with van der Waals surface area (Å²) in [6.45, 7) is 8.21. The fourth-order valence-electron chi connectivity index (χ4n) is 4.21. The summed E-state index contributed by atoms with van der Waals surface area (Å²) in [7, 11) is -1.39. The molecule has 1 fully saturated rings. The summed E-state index contributed by atoms with van der Waals surface area (Å²) in [5.41, 5.74) is 0. The monoisotopic (exact) mass is 416 g/mol. The smallest absolute Gasteiger partial charge is 0.261 e. The molecule has 2 aromatic rings. The maximum atomic E-state index is 10.9. The molecule has 2 N–H and O–H groups in total. The van der Waals surface area contributed by atoms with Crippen LogP contribution in [0.25, 0.3) is 0 Å². The van der Waals surface area contributed by atoms with Gasteiger partial charge in [0.25, 0.3) is 8.32 Å². The molecular weight excluding hydrogens is 384 g/mol. The molecule has 6 heteroatoms. The van der Waals surface area contributed by atoms with Crippen molar-refractivity contribution < 1.29 is 24.1 Å². The summed E-state index contributed by atoms with van der Waals surface area (Å²) in [5, 5.41) is 23.3. The molecule has 0 radical (unpaired) electrons. The Hall–Kier alpha value is -1.54. The summed E-state index contributed by atoms with van der Waals surface area (Å²) >= 11 is 0. The van der Waals surface area contributed by atoms with Crippen LogP contribution in [0.2, 0.25) is 5.04 Å². The average Bonchev–Trinajstić information content (AvgIpc) is 2.71. The molecule has 0 saturated carbocycles. The van der Waals surface area contributed by atoms with E-state index in [-0.39, 0.29) is 5.04 Å². The lowest BCUT2D eigenvalue weighted by molar-refractivity contribution is -0.281. The lowest BCUT2D eigenvalue weighted by Gasteiger charge is -2.49. The van der Waals surface area contributed by atoms with Crippen molar-refractivity contribution in [2.45, 2.75) is 63.4 Å². The van der Waals surface area contributed by atoms with Gasteiger partial charge in [0.1, 0.15) is 18.3 Å². The van der Waals surface area contributed by atoms with Gasteiger partial charge >= 0.3 is 0 Å². The van der Waals surface area contributed by atoms with Crippen molar-refractivity contribution in [2.24, 2.45) is 0 Å². The molecule has 1 heterocycles. The zero-order chi connectivity index (χ0) is 21.2. The van der Waals surface area contributed by atoms with Gasteiger partial charge in [-0.15, -0.1) is 0 Å². The van der Waals surface area contributed by atoms with Crippen LogP contribution in [0.3, 0.4) is 0 Å². The predicted molar refractivity (Wildman–Crippen MR) is 116 cm³/mol. The van der Waals surface area contributed by atoms with Gasteiger partial charge in [-0.2, -0.15) is 0 Å². The van der Waals surface area contributed by atoms with Gasteiger partial charge in [0.15, 0.2) is 6.29 Å². The van der Waals surface area contributed by atoms with E-state index in [4.69, 9.17) is 13.9 Å². The molecule has 0 aliphatic carbocycles. The second kappa shape index (κ2) is 8.68. The summed E-state index contributed by atoms with van der Waals surface area (Å²) in [6, 6.07) is 20.3. The van der Waals surface area contributed by atoms with E-state index in [0.717, 1.165) is 10.4 Å². The lowest BCUT2D eigenvalue weighted by atomic mass is 10.0. The van der Waals surface area contributed by atoms with Crippen molar-refractivity contribution in [3.63, 3.8) is 0 Å². The molecule has 29 heavy (non-hydrogen) atoms. The highest BCUT2D eigenvalue weighted by atomic mass is 28.4. The number of aliphatic hydroxyl groups is 2. The number of aliphatic hydroxyl groups excluding tert-OH is 2. The third-order valence-corrected chi connectivity index (χ3v) is 10.8. The minimum absolute atomic E-state index is 0.262. The van der Waals surface area contributed by atoms with Crippen molar-refractivity contribution in [2.75, 3.05) is 7.11 Å². The fraction of sp³-hybridized carbons (Fsp3) is 0.478. The van der Waals surface area contributed by atoms with E-state index < -0.39 is 39.0 Å². The number of hydrogen-bond donors (Lipinski definition) is 2. The number of hydrogen-bond acceptors (Lipinski definition) is 5. The van der Waals surface area contributed by atoms with Crippen LogP contribution in [0.1, 0.15) is 27.7 Å². The molecule has 3 rings (SSSR count). The normalized spacial score (nSPS) is 28.3. The molecular formula is C23H32O5Si. The van der Waals surface area contributed by atoms with Crippen molar-refractivity contribution in [1.82, 2.24) is 0 Å². The molecule has 1 saturated heterocycles. The topological polar surface area (TPSA) is 68.2 Å². The van der Waals surface area contributed by atoms with Gasteiger partial charge in [-0.25, -0.2) is 0 Å². The van der Waals surface area contributed by atoms with Gasteiger partial charge in [-0.1, -0.05) is 81.4 Å². The molecule has 0 spiro atoms. The van der Waals surface area contributed by atoms with Crippen LogP contribution in [0.15, 0.2) is 60.7 Å². The minimum Gasteiger partial charge on any atom is -0.396 e. The van der Waals surface area contributed by atoms with Gasteiger partial charge in [-0.3, -0.25) is 0 Å². The van der Waals surface area contributed by atoms with Crippen molar-refractivity contribution in [3.05, 3.63) is 60.7 Å². The maximum Gasteiger partial charge on any atom is 0.261 e. The highest BCUT2D eigenvalue weighted by molar-refractivity contribution is 6.99. The van der Waals surface area contributed by atoms with E-state index in [1.165, 1.54) is 7.11 Å². The minimum atomic E-state index is -2.92. The Morgan fingerprint density at radius 3 is 1.76 bits per heavy atom. The van der Waals surface area contributed by atoms with Gasteiger partial charge in [0, 0.05) is 7.11 Å². The van der Waals surface area contributed by atoms with E-state index in [0.29, 0.717) is 0 Å². The summed E-state index contributed by atoms with van der Waals surface area (Å²) in [6.07, 6.45) is -4.31. The molecule has 1 aliphatic heterocycles. The van der Waals surface area contributed by atoms with Gasteiger partial charge in [0.05, 0.1) is 6.10 Å². The van der Waals surface area contributed by atoms with E-state index >= 15 is 0 Å². The number of methoxy groups -OCH3 is 1. The van der Waals surface area contributed by atoms with Crippen molar-refractivity contribution in [1.29, 1.82) is 0 Å². The summed E-state index contributed by atoms with van der Waals surface area (Å²) in [5.74, 6) is 0. The molecule has 5 atom stereocenters. The lowest BCUT2D eigenvalue weighted by Crippen LogP contribution is -2.71. The van der Waals surface area contributed by atoms with Crippen LogP contribution < -0.4 is 10.4 Å². The quantitative estimate of drug-likeness (QED) is 0.730. The molecule has 5 nitrogen and oxygen atoms in total. The average molecular weight is 417 g/mol. The van der Waals surface area contributed by atoms with Crippen LogP contribution in [0.4, 0.5) is 0 Å². The second-order valence-corrected chi connectivity index (χ2v) is 12.9. The molecule has 2 aromatic carbocycles. The maximum absolute atomic E-state index is 10.9. The largest absolute Gasteiger partial charge is 0.396 e. The highest BCUT2D eigenvalue weighted by Crippen LogP contribution is 2.39. The van der Waals surface area contributed by atoms with Crippen LogP contribution in [0.5, 0.6) is 0 Å². The van der Waals surface area contributed by atoms with Gasteiger partial charge in [0.2, 0.25) is 0 Å². The molecule has 0 bridgehead atoms. The van der Waals surface area contributed by atoms with Crippen molar-refractivity contribution in [3.8, 4) is 0 Å². The zero-order valence-corrected chi connectivity index (χ0v) is 18.8. The van der Waals surface area contributed by atoms with E-state index in [2.05, 4.69) is 45.0 Å². The van der Waals surface area contributed by atoms with Crippen molar-refractivity contribution >= 4 is 18.7 Å².